The van der Waals surface area contributed by atoms with Crippen LogP contribution in [0.5, 0.6) is 17.2 Å². The van der Waals surface area contributed by atoms with Crippen LogP contribution in [0.1, 0.15) is 275 Å². The van der Waals surface area contributed by atoms with Crippen LogP contribution in [0.4, 0.5) is 0 Å². The molecule has 0 saturated carbocycles. The molecular formula is C94H131NO5. The molecule has 542 valence electrons. The number of hydrogen-bond donors (Lipinski definition) is 0. The molecule has 9 rings (SSSR count). The zero-order valence-electron chi connectivity index (χ0n) is 66.8. The molecule has 0 heterocycles. The maximum absolute atomic E-state index is 8.59. The van der Waals surface area contributed by atoms with Gasteiger partial charge >= 0.3 is 0 Å². The number of nitriles is 1. The molecule has 0 atom stereocenters. The van der Waals surface area contributed by atoms with Gasteiger partial charge in [0, 0.05) is 14.2 Å². The first-order valence-corrected chi connectivity index (χ1v) is 36.4. The SMILES string of the molecule is CC(C)c1cccc(C#N)c1.CC(C)c1ccccc1.CCc1ccc(C(C)C)cc1.CCc1ccc(C(C)C)cc1.COCc1ccc(C(C)C)cc1.COCc1cccc(C(C)C)c1.COc1ccc(C(C)C)cc1.COc1ccc(C(C)C)cc1OC.Cc1ccc(C(C)C)cc1. The van der Waals surface area contributed by atoms with E-state index in [1.807, 2.05) is 54.6 Å². The van der Waals surface area contributed by atoms with E-state index in [-0.39, 0.29) is 0 Å². The number of hydrogen-bond acceptors (Lipinski definition) is 6. The van der Waals surface area contributed by atoms with Gasteiger partial charge in [-0.3, -0.25) is 0 Å². The highest BCUT2D eigenvalue weighted by Crippen LogP contribution is 2.30. The second-order valence-corrected chi connectivity index (χ2v) is 27.9. The number of nitrogens with zero attached hydrogens (tertiary/aromatic N) is 1. The van der Waals surface area contributed by atoms with Gasteiger partial charge in [0.1, 0.15) is 5.75 Å². The van der Waals surface area contributed by atoms with Crippen molar-refractivity contribution in [3.8, 4) is 23.3 Å². The van der Waals surface area contributed by atoms with Crippen LogP contribution in [0.2, 0.25) is 0 Å². The van der Waals surface area contributed by atoms with Crippen LogP contribution in [0, 0.1) is 18.3 Å². The van der Waals surface area contributed by atoms with Crippen molar-refractivity contribution in [2.45, 2.75) is 225 Å². The van der Waals surface area contributed by atoms with Crippen molar-refractivity contribution in [1.82, 2.24) is 0 Å². The van der Waals surface area contributed by atoms with E-state index in [0.29, 0.717) is 66.5 Å². The third kappa shape index (κ3) is 37.8. The first kappa shape index (κ1) is 89.8. The van der Waals surface area contributed by atoms with E-state index in [9.17, 15) is 0 Å². The number of aryl methyl sites for hydroxylation is 3. The Hall–Kier alpha value is -8.21. The molecule has 0 aliphatic heterocycles. The molecule has 6 nitrogen and oxygen atoms in total. The number of methoxy groups -OCH3 is 5. The van der Waals surface area contributed by atoms with Gasteiger partial charge in [0.25, 0.3) is 0 Å². The Labute approximate surface area is 610 Å². The van der Waals surface area contributed by atoms with Gasteiger partial charge < -0.3 is 23.7 Å². The largest absolute Gasteiger partial charge is 0.497 e. The molecule has 0 amide bonds. The average Bonchev–Trinajstić information content (AvgIpc) is 0.904. The van der Waals surface area contributed by atoms with Crippen LogP contribution in [-0.4, -0.2) is 35.5 Å². The molecule has 0 spiro atoms. The lowest BCUT2D eigenvalue weighted by atomic mass is 10.0. The third-order valence-electron chi connectivity index (χ3n) is 16.7. The molecule has 9 aromatic carbocycles. The molecule has 0 fully saturated rings. The van der Waals surface area contributed by atoms with E-state index >= 15 is 0 Å². The van der Waals surface area contributed by atoms with Gasteiger partial charge in [-0.1, -0.05) is 326 Å². The first-order chi connectivity index (χ1) is 47.6. The Morgan fingerprint density at radius 1 is 0.280 bits per heavy atom. The summed E-state index contributed by atoms with van der Waals surface area (Å²) in [5, 5.41) is 8.59. The normalized spacial score (nSPS) is 10.3. The number of ether oxygens (including phenoxy) is 5. The van der Waals surface area contributed by atoms with Crippen LogP contribution in [0.25, 0.3) is 0 Å². The zero-order valence-corrected chi connectivity index (χ0v) is 66.8. The molecule has 0 saturated heterocycles. The predicted molar refractivity (Wildman–Crippen MR) is 434 cm³/mol. The van der Waals surface area contributed by atoms with E-state index in [4.69, 9.17) is 28.9 Å². The highest BCUT2D eigenvalue weighted by atomic mass is 16.5. The monoisotopic (exact) mass is 1350 g/mol. The van der Waals surface area contributed by atoms with Crippen molar-refractivity contribution in [2.75, 3.05) is 35.5 Å². The highest BCUT2D eigenvalue weighted by Gasteiger charge is 2.07. The molecule has 9 aromatic rings. The lowest BCUT2D eigenvalue weighted by Crippen LogP contribution is -1.93. The summed E-state index contributed by atoms with van der Waals surface area (Å²) in [6.45, 7) is 47.3. The lowest BCUT2D eigenvalue weighted by Gasteiger charge is -2.11. The zero-order chi connectivity index (χ0) is 75.1. The number of rotatable bonds is 18. The summed E-state index contributed by atoms with van der Waals surface area (Å²) in [6, 6.07) is 78.2. The highest BCUT2D eigenvalue weighted by molar-refractivity contribution is 5.44. The predicted octanol–water partition coefficient (Wildman–Crippen LogP) is 26.9. The standard InChI is InChI=1S/C11H16O2.2C11H16O.2C11H16.C10H11N.C10H14O.C10H14.C9H12/c1-8(2)9-5-6-10(12-3)11(7-9)13-4;1-9(2)11-6-4-10(5-7-11)8-12-3;1-9(2)11-6-4-5-10(7-11)8-12-3;2*1-4-10-5-7-11(8-6-10)9(2)3;1-8(2)10-5-3-4-9(6-10)7-11;1-8(2)9-4-6-10(11-3)7-5-9;1-8(2)10-6-4-9(3)5-7-10;1-8(2)9-6-4-3-5-7-9/h5-8H,1-4H3;2*4-7,9H,8H2,1-3H3;2*5-9H,4H2,1-3H3;3-6,8H,1-2H3;4-8H,1-3H3;4-8H,1-3H3;3-8H,1-2H3. The second-order valence-electron chi connectivity index (χ2n) is 27.9. The molecule has 100 heavy (non-hydrogen) atoms. The summed E-state index contributed by atoms with van der Waals surface area (Å²) in [5.74, 6) is 7.95. The van der Waals surface area contributed by atoms with E-state index < -0.39 is 0 Å². The van der Waals surface area contributed by atoms with Crippen molar-refractivity contribution >= 4 is 0 Å². The summed E-state index contributed by atoms with van der Waals surface area (Å²) in [5.41, 5.74) is 19.7. The molecule has 0 N–H and O–H groups in total. The molecule has 0 bridgehead atoms. The van der Waals surface area contributed by atoms with Crippen molar-refractivity contribution in [2.24, 2.45) is 0 Å². The maximum Gasteiger partial charge on any atom is 0.160 e. The van der Waals surface area contributed by atoms with Gasteiger partial charge in [0.05, 0.1) is 46.2 Å². The fourth-order valence-electron chi connectivity index (χ4n) is 9.61. The molecule has 0 unspecified atom stereocenters. The molecule has 0 aliphatic carbocycles. The van der Waals surface area contributed by atoms with Crippen molar-refractivity contribution in [1.29, 1.82) is 5.26 Å². The Kier molecular flexibility index (Phi) is 46.6. The van der Waals surface area contributed by atoms with Crippen LogP contribution in [0.3, 0.4) is 0 Å². The Bertz CT molecular complexity index is 3390. The van der Waals surface area contributed by atoms with Gasteiger partial charge in [-0.25, -0.2) is 0 Å². The summed E-state index contributed by atoms with van der Waals surface area (Å²) in [7, 11) is 8.43. The minimum absolute atomic E-state index is 0.503. The summed E-state index contributed by atoms with van der Waals surface area (Å²) in [6.07, 6.45) is 2.27. The van der Waals surface area contributed by atoms with Gasteiger partial charge in [0.15, 0.2) is 11.5 Å². The molecule has 0 aromatic heterocycles. The van der Waals surface area contributed by atoms with E-state index in [1.165, 1.54) is 77.9 Å². The van der Waals surface area contributed by atoms with Gasteiger partial charge in [-0.15, -0.1) is 0 Å². The van der Waals surface area contributed by atoms with E-state index in [1.54, 1.807) is 35.5 Å². The quantitative estimate of drug-likeness (QED) is 0.0853. The topological polar surface area (TPSA) is 69.9 Å². The van der Waals surface area contributed by atoms with Crippen LogP contribution < -0.4 is 14.2 Å². The van der Waals surface area contributed by atoms with Crippen LogP contribution in [0.15, 0.2) is 218 Å². The Morgan fingerprint density at radius 3 is 0.930 bits per heavy atom. The smallest absolute Gasteiger partial charge is 0.160 e. The first-order valence-electron chi connectivity index (χ1n) is 36.4. The van der Waals surface area contributed by atoms with Crippen molar-refractivity contribution < 1.29 is 23.7 Å². The summed E-state index contributed by atoms with van der Waals surface area (Å²) < 4.78 is 25.5. The fourth-order valence-corrected chi connectivity index (χ4v) is 9.61. The average molecular weight is 1360 g/mol. The second kappa shape index (κ2) is 51.9. The van der Waals surface area contributed by atoms with E-state index in [0.717, 1.165) is 35.7 Å². The lowest BCUT2D eigenvalue weighted by molar-refractivity contribution is 0.185. The third-order valence-corrected chi connectivity index (χ3v) is 16.7. The summed E-state index contributed by atoms with van der Waals surface area (Å²) >= 11 is 0. The van der Waals surface area contributed by atoms with Crippen LogP contribution in [-0.2, 0) is 35.5 Å². The maximum atomic E-state index is 8.59. The minimum atomic E-state index is 0.503. The minimum Gasteiger partial charge on any atom is -0.497 e. The van der Waals surface area contributed by atoms with Gasteiger partial charge in [-0.05, 0) is 182 Å². The van der Waals surface area contributed by atoms with Crippen LogP contribution >= 0.6 is 0 Å². The van der Waals surface area contributed by atoms with Crippen molar-refractivity contribution in [3.63, 3.8) is 0 Å². The van der Waals surface area contributed by atoms with Gasteiger partial charge in [-0.2, -0.15) is 5.26 Å². The van der Waals surface area contributed by atoms with Crippen molar-refractivity contribution in [3.05, 3.63) is 302 Å². The Balaban J connectivity index is 0.000000563. The Morgan fingerprint density at radius 2 is 0.590 bits per heavy atom. The summed E-state index contributed by atoms with van der Waals surface area (Å²) in [4.78, 5) is 0. The van der Waals surface area contributed by atoms with E-state index in [2.05, 4.69) is 315 Å². The molecule has 6 heteroatoms. The fraction of sp³-hybridized carbons (Fsp3) is 0.415. The van der Waals surface area contributed by atoms with Gasteiger partial charge in [0.2, 0.25) is 0 Å². The number of benzene rings is 9. The molecule has 0 aliphatic rings. The molecular weight excluding hydrogens is 1220 g/mol. The molecule has 0 radical (unpaired) electrons.